The molecule has 33 nitrogen and oxygen atoms in total. The summed E-state index contributed by atoms with van der Waals surface area (Å²) < 4.78 is 65.9. The largest absolute Gasteiger partial charge is 0.383 e. The van der Waals surface area contributed by atoms with Crippen LogP contribution in [-0.4, -0.2) is 312 Å². The lowest BCUT2D eigenvalue weighted by Gasteiger charge is -2.48. The first kappa shape index (κ1) is 97.4. The fourth-order valence-electron chi connectivity index (χ4n) is 22.7. The predicted octanol–water partition coefficient (Wildman–Crippen LogP) is 8.96. The molecule has 738 valence electrons. The van der Waals surface area contributed by atoms with E-state index >= 15 is 17.6 Å². The second kappa shape index (κ2) is 40.1. The molecule has 11 aliphatic heterocycles. The summed E-state index contributed by atoms with van der Waals surface area (Å²) in [5, 5.41) is 21.6. The van der Waals surface area contributed by atoms with Crippen molar-refractivity contribution in [3.05, 3.63) is 129 Å². The van der Waals surface area contributed by atoms with E-state index in [0.29, 0.717) is 150 Å². The SMILES string of the molecule is C[C@@H]1CC(N(C)CCNc2cccc3c2C(=O)N(C2CCC(=O)NC2=O)C3=O)C[C@@H]1CN(C)CCCNc1cc(N2CCC3(CC2)CN(c2cc(F)c(CN4CCC(C)(C)CC4)cc2F)CC(=O)N3)nc(-c2nc(N(C)C[C@H]3CN(CCNc4cccc5c4C(=O)N(C4CCC(=O)NC4=O)C5=O)C[C@H]3I)cc(N3CCC4(CC3)CN(c3cc(F)c(CN5CCC(C)(C)CC5)cc3F)CC(=O)N4)n2)n1. The monoisotopic (exact) mass is 2010 g/mol. The fraction of sp³-hybridized carbons (Fsp3) is 0.580. The molecule has 1 aliphatic carbocycles. The number of likely N-dealkylation sites (N-methyl/N-ethyl adjacent to an activating group) is 1. The first-order chi connectivity index (χ1) is 66.0. The van der Waals surface area contributed by atoms with Gasteiger partial charge in [0, 0.05) is 194 Å². The van der Waals surface area contributed by atoms with Gasteiger partial charge >= 0.3 is 0 Å². The number of carbonyl (C=O) groups excluding carboxylic acids is 10. The molecule has 9 saturated heterocycles. The molecule has 6 aromatic rings. The average molecular weight is 2020 g/mol. The van der Waals surface area contributed by atoms with Crippen LogP contribution in [0.25, 0.3) is 11.6 Å². The Morgan fingerprint density at radius 2 is 0.986 bits per heavy atom. The van der Waals surface area contributed by atoms with Gasteiger partial charge in [-0.2, -0.15) is 0 Å². The third-order valence-corrected chi connectivity index (χ3v) is 32.7. The summed E-state index contributed by atoms with van der Waals surface area (Å²) in [5.41, 5.74) is 1.21. The maximum absolute atomic E-state index is 16.6. The van der Waals surface area contributed by atoms with Gasteiger partial charge in [-0.05, 0) is 189 Å². The minimum absolute atomic E-state index is 0.00577. The van der Waals surface area contributed by atoms with E-state index < -0.39 is 93.7 Å². The highest BCUT2D eigenvalue weighted by Gasteiger charge is 2.51. The van der Waals surface area contributed by atoms with E-state index in [0.717, 1.165) is 101 Å². The first-order valence-electron chi connectivity index (χ1n) is 49.1. The van der Waals surface area contributed by atoms with E-state index in [1.807, 2.05) is 19.2 Å². The number of nitrogens with zero attached hydrogens (tertiary/aromatic N) is 16. The fourth-order valence-corrected chi connectivity index (χ4v) is 23.8. The highest BCUT2D eigenvalue weighted by molar-refractivity contribution is 14.1. The summed E-state index contributed by atoms with van der Waals surface area (Å²) in [6.07, 6.45) is 8.43. The number of rotatable bonds is 30. The maximum Gasteiger partial charge on any atom is 0.264 e. The molecule has 38 heteroatoms. The summed E-state index contributed by atoms with van der Waals surface area (Å²) in [6, 6.07) is 17.2. The highest BCUT2D eigenvalue weighted by atomic mass is 127. The third-order valence-electron chi connectivity index (χ3n) is 31.3. The molecular weight excluding hydrogens is 1890 g/mol. The Kier molecular flexibility index (Phi) is 28.3. The van der Waals surface area contributed by atoms with E-state index in [4.69, 9.17) is 19.9 Å². The number of anilines is 8. The van der Waals surface area contributed by atoms with Gasteiger partial charge in [0.15, 0.2) is 0 Å². The van der Waals surface area contributed by atoms with Crippen molar-refractivity contribution >= 4 is 128 Å². The van der Waals surface area contributed by atoms with Gasteiger partial charge in [-0.1, -0.05) is 69.3 Å². The van der Waals surface area contributed by atoms with Crippen LogP contribution in [0.2, 0.25) is 0 Å². The van der Waals surface area contributed by atoms with Gasteiger partial charge in [-0.25, -0.2) is 37.5 Å². The van der Waals surface area contributed by atoms with Crippen LogP contribution in [0.15, 0.2) is 72.8 Å². The molecule has 10 fully saturated rings. The Labute approximate surface area is 816 Å². The number of piperidine rings is 6. The Balaban J connectivity index is 0.584. The number of imide groups is 4. The van der Waals surface area contributed by atoms with Crippen LogP contribution < -0.4 is 61.7 Å². The minimum Gasteiger partial charge on any atom is -0.383 e. The van der Waals surface area contributed by atoms with Gasteiger partial charge in [0.25, 0.3) is 23.6 Å². The Bertz CT molecular complexity index is 5720. The molecule has 2 aromatic heterocycles. The van der Waals surface area contributed by atoms with Gasteiger partial charge < -0.3 is 65.8 Å². The molecule has 13 heterocycles. The molecule has 12 aliphatic rings. The Hall–Kier alpha value is -10.8. The normalized spacial score (nSPS) is 24.6. The van der Waals surface area contributed by atoms with Crippen LogP contribution in [0.4, 0.5) is 63.6 Å². The lowest BCUT2D eigenvalue weighted by molar-refractivity contribution is -0.137. The van der Waals surface area contributed by atoms with Crippen molar-refractivity contribution in [1.29, 1.82) is 0 Å². The maximum atomic E-state index is 16.6. The number of fused-ring (bicyclic) bond motifs is 2. The van der Waals surface area contributed by atoms with Crippen LogP contribution >= 0.6 is 22.6 Å². The minimum atomic E-state index is -1.10. The molecule has 1 saturated carbocycles. The molecular formula is C100H128F4IN23O10. The van der Waals surface area contributed by atoms with Crippen LogP contribution in [0.5, 0.6) is 0 Å². The molecule has 0 radical (unpaired) electrons. The predicted molar refractivity (Wildman–Crippen MR) is 525 cm³/mol. The second-order valence-electron chi connectivity index (χ2n) is 42.4. The number of benzene rings is 4. The lowest BCUT2D eigenvalue weighted by Crippen LogP contribution is -2.66. The summed E-state index contributed by atoms with van der Waals surface area (Å²) in [4.78, 5) is 178. The average Bonchev–Trinajstić information content (AvgIpc) is 1.61. The number of hydrogen-bond donors (Lipinski definition) is 7. The molecule has 7 atom stereocenters. The van der Waals surface area contributed by atoms with Gasteiger partial charge in [-0.3, -0.25) is 78.2 Å². The quantitative estimate of drug-likeness (QED) is 0.00727. The molecule has 4 aromatic carbocycles. The van der Waals surface area contributed by atoms with Gasteiger partial charge in [0.05, 0.1) is 57.8 Å². The molecule has 138 heavy (non-hydrogen) atoms. The van der Waals surface area contributed by atoms with Crippen molar-refractivity contribution in [3.63, 3.8) is 0 Å². The number of halogens is 5. The van der Waals surface area contributed by atoms with Crippen LogP contribution in [0.1, 0.15) is 183 Å². The van der Waals surface area contributed by atoms with Crippen molar-refractivity contribution in [3.8, 4) is 11.6 Å². The van der Waals surface area contributed by atoms with E-state index in [-0.39, 0.29) is 154 Å². The topological polar surface area (TPSA) is 345 Å². The Morgan fingerprint density at radius 1 is 0.493 bits per heavy atom. The van der Waals surface area contributed by atoms with Gasteiger partial charge in [-0.15, -0.1) is 0 Å². The zero-order valence-electron chi connectivity index (χ0n) is 80.2. The number of nitrogens with one attached hydrogen (secondary N) is 7. The van der Waals surface area contributed by atoms with Gasteiger partial charge in [0.1, 0.15) is 58.6 Å². The summed E-state index contributed by atoms with van der Waals surface area (Å²) in [5.74, 6) is -3.61. The highest BCUT2D eigenvalue weighted by Crippen LogP contribution is 2.43. The van der Waals surface area contributed by atoms with E-state index in [2.05, 4.69) is 148 Å². The standard InChI is InChI=1S/C100H128F4IN23O10/c1-60-42-65(118(7)40-29-106-73-14-9-12-66-87(73)95(137)127(93(66)135)75-16-18-83(129)113-91(75)133)43-61(60)50-117(6)31-11-28-108-79-48-81(123-36-24-99(25-37-123)58-125(56-85(131)115-99)77-46-68(101)62(44-70(77)103)52-120-32-20-97(2,3)21-33-120)111-89(109-79)90-110-80(119(8)51-64-54-122(55-72(64)105)41-30-107-74-15-10-13-67-88(74)96(138)128(94(67)136)76-17-19-84(130)114-92(76)134)49-82(112-90)124-38-26-100(27-39-124)59-126(57-86(132)116-100)78-47-69(102)63(45-71(78)104)53-121-34-22-98(4,5)23-35-121/h9-10,12-15,44-49,60-61,64-65,72,75-76,106-107H,11,16-43,50-59H2,1-8H3,(H,115,131)(H,116,132)(H,108,109,111)(H,113,129,133)(H,114,130,134)/t60-,61-,64+,65?,72-,75?,76?/m1/s1. The van der Waals surface area contributed by atoms with Crippen LogP contribution in [0.3, 0.4) is 0 Å². The first-order valence-corrected chi connectivity index (χ1v) is 50.4. The smallest absolute Gasteiger partial charge is 0.264 e. The number of aromatic nitrogens is 4. The zero-order chi connectivity index (χ0) is 97.1. The van der Waals surface area contributed by atoms with Crippen molar-refractivity contribution in [2.75, 3.05) is 206 Å². The molecule has 2 spiro atoms. The van der Waals surface area contributed by atoms with E-state index in [1.54, 1.807) is 46.2 Å². The molecule has 7 N–H and O–H groups in total. The number of likely N-dealkylation sites (tertiary alicyclic amines) is 3. The van der Waals surface area contributed by atoms with Crippen LogP contribution in [0, 0.1) is 51.9 Å². The number of alkyl halides is 1. The third kappa shape index (κ3) is 21.1. The van der Waals surface area contributed by atoms with Crippen molar-refractivity contribution < 1.29 is 65.5 Å². The molecule has 3 unspecified atom stereocenters. The number of amides is 10. The van der Waals surface area contributed by atoms with Crippen molar-refractivity contribution in [1.82, 2.24) is 75.5 Å². The van der Waals surface area contributed by atoms with Crippen molar-refractivity contribution in [2.24, 2.45) is 28.6 Å². The molecule has 0 bridgehead atoms. The molecule has 18 rings (SSSR count). The second-order valence-corrected chi connectivity index (χ2v) is 44.0. The molecule has 10 amide bonds. The lowest BCUT2D eigenvalue weighted by atomic mass is 9.82. The number of carbonyl (C=O) groups is 10. The number of piperazine rings is 2. The number of hydrogen-bond acceptors (Lipinski definition) is 27. The zero-order valence-corrected chi connectivity index (χ0v) is 82.3. The van der Waals surface area contributed by atoms with E-state index in [9.17, 15) is 47.9 Å². The summed E-state index contributed by atoms with van der Waals surface area (Å²) >= 11 is 2.52. The summed E-state index contributed by atoms with van der Waals surface area (Å²) in [7, 11) is 6.27. The van der Waals surface area contributed by atoms with Crippen molar-refractivity contribution in [2.45, 2.75) is 177 Å². The summed E-state index contributed by atoms with van der Waals surface area (Å²) in [6.45, 7) is 23.1. The van der Waals surface area contributed by atoms with E-state index in [1.165, 1.54) is 24.3 Å². The van der Waals surface area contributed by atoms with Crippen LogP contribution in [-0.2, 0) is 41.9 Å². The van der Waals surface area contributed by atoms with Gasteiger partial charge in [0.2, 0.25) is 47.1 Å². The Morgan fingerprint density at radius 3 is 1.49 bits per heavy atom.